The molecule has 2 saturated heterocycles. The Morgan fingerprint density at radius 1 is 0.970 bits per heavy atom. The van der Waals surface area contributed by atoms with Crippen LogP contribution < -0.4 is 5.73 Å². The smallest absolute Gasteiger partial charge is 0.0507 e. The highest BCUT2D eigenvalue weighted by atomic mass is 35.5. The van der Waals surface area contributed by atoms with Gasteiger partial charge in [0.15, 0.2) is 0 Å². The molecule has 1 unspecified atom stereocenters. The van der Waals surface area contributed by atoms with Crippen molar-refractivity contribution >= 4 is 28.2 Å². The van der Waals surface area contributed by atoms with Crippen LogP contribution in [-0.2, 0) is 13.1 Å². The molecule has 5 nitrogen and oxygen atoms in total. The number of hydrogen-bond donors (Lipinski definition) is 2. The van der Waals surface area contributed by atoms with Crippen molar-refractivity contribution in [1.29, 1.82) is 0 Å². The molecule has 5 rings (SSSR count). The maximum atomic E-state index is 9.57. The third-order valence-corrected chi connectivity index (χ3v) is 7.78. The topological polar surface area (TPSA) is 57.7 Å². The number of likely N-dealkylation sites (tertiary alicyclic amines) is 2. The molecule has 6 heteroatoms. The van der Waals surface area contributed by atoms with Crippen molar-refractivity contribution in [3.05, 3.63) is 64.8 Å². The monoisotopic (exact) mass is 466 g/mol. The molecule has 3 N–H and O–H groups in total. The SMILES string of the molecule is Nc1ccc2c(CN3CCC(N4CCCC(CO)C4)CC3)cn(Cc3ccc(Cl)cc3)c2c1. The normalized spacial score (nSPS) is 21.1. The highest BCUT2D eigenvalue weighted by Crippen LogP contribution is 2.28. The van der Waals surface area contributed by atoms with Gasteiger partial charge in [-0.15, -0.1) is 0 Å². The van der Waals surface area contributed by atoms with Gasteiger partial charge in [-0.25, -0.2) is 0 Å². The second-order valence-electron chi connectivity index (χ2n) is 9.88. The number of halogens is 1. The minimum Gasteiger partial charge on any atom is -0.399 e. The van der Waals surface area contributed by atoms with Crippen molar-refractivity contribution < 1.29 is 5.11 Å². The molecule has 0 spiro atoms. The number of nitrogens with two attached hydrogens (primary N) is 1. The fourth-order valence-corrected chi connectivity index (χ4v) is 5.82. The molecular formula is C27H35ClN4O. The third kappa shape index (κ3) is 5.22. The van der Waals surface area contributed by atoms with E-state index in [0.29, 0.717) is 18.6 Å². The Labute approximate surface area is 201 Å². The number of fused-ring (bicyclic) bond motifs is 1. The van der Waals surface area contributed by atoms with Crippen molar-refractivity contribution in [3.63, 3.8) is 0 Å². The molecule has 1 atom stereocenters. The molecular weight excluding hydrogens is 432 g/mol. The molecule has 0 aliphatic carbocycles. The van der Waals surface area contributed by atoms with Gasteiger partial charge in [0.05, 0.1) is 5.52 Å². The number of nitrogen functional groups attached to an aromatic ring is 1. The fraction of sp³-hybridized carbons (Fsp3) is 0.481. The first-order chi connectivity index (χ1) is 16.1. The average molecular weight is 467 g/mol. The zero-order chi connectivity index (χ0) is 22.8. The quantitative estimate of drug-likeness (QED) is 0.521. The molecule has 1 aromatic heterocycles. The lowest BCUT2D eigenvalue weighted by Crippen LogP contribution is -2.48. The predicted octanol–water partition coefficient (Wildman–Crippen LogP) is 4.59. The van der Waals surface area contributed by atoms with E-state index in [9.17, 15) is 5.11 Å². The van der Waals surface area contributed by atoms with Crippen LogP contribution in [0.1, 0.15) is 36.8 Å². The lowest BCUT2D eigenvalue weighted by Gasteiger charge is -2.42. The van der Waals surface area contributed by atoms with Gasteiger partial charge in [-0.1, -0.05) is 29.8 Å². The number of anilines is 1. The fourth-order valence-electron chi connectivity index (χ4n) is 5.69. The van der Waals surface area contributed by atoms with Crippen LogP contribution in [-0.4, -0.2) is 58.3 Å². The highest BCUT2D eigenvalue weighted by Gasteiger charge is 2.29. The number of benzene rings is 2. The van der Waals surface area contributed by atoms with E-state index in [1.54, 1.807) is 0 Å². The van der Waals surface area contributed by atoms with Crippen LogP contribution in [0.4, 0.5) is 5.69 Å². The average Bonchev–Trinajstić information content (AvgIpc) is 3.17. The van der Waals surface area contributed by atoms with E-state index in [1.165, 1.54) is 54.3 Å². The summed E-state index contributed by atoms with van der Waals surface area (Å²) in [4.78, 5) is 5.24. The van der Waals surface area contributed by atoms with E-state index < -0.39 is 0 Å². The molecule has 33 heavy (non-hydrogen) atoms. The molecule has 2 fully saturated rings. The lowest BCUT2D eigenvalue weighted by atomic mass is 9.94. The minimum absolute atomic E-state index is 0.333. The van der Waals surface area contributed by atoms with Crippen LogP contribution >= 0.6 is 11.6 Å². The van der Waals surface area contributed by atoms with Crippen LogP contribution in [0.3, 0.4) is 0 Å². The molecule has 0 amide bonds. The summed E-state index contributed by atoms with van der Waals surface area (Å²) in [6.07, 6.45) is 7.14. The predicted molar refractivity (Wildman–Crippen MR) is 137 cm³/mol. The van der Waals surface area contributed by atoms with Crippen molar-refractivity contribution in [2.45, 2.75) is 44.8 Å². The number of nitrogens with zero attached hydrogens (tertiary/aromatic N) is 3. The molecule has 2 aliphatic heterocycles. The van der Waals surface area contributed by atoms with E-state index in [2.05, 4.69) is 44.8 Å². The molecule has 3 heterocycles. The summed E-state index contributed by atoms with van der Waals surface area (Å²) in [6, 6.07) is 15.0. The number of aliphatic hydroxyl groups is 1. The second kappa shape index (κ2) is 10.1. The van der Waals surface area contributed by atoms with E-state index in [1.807, 2.05) is 18.2 Å². The summed E-state index contributed by atoms with van der Waals surface area (Å²) in [5.41, 5.74) is 10.7. The van der Waals surface area contributed by atoms with Crippen LogP contribution in [0.5, 0.6) is 0 Å². The maximum Gasteiger partial charge on any atom is 0.0507 e. The Hall–Kier alpha value is -2.05. The third-order valence-electron chi connectivity index (χ3n) is 7.53. The van der Waals surface area contributed by atoms with Gasteiger partial charge in [0.2, 0.25) is 0 Å². The van der Waals surface area contributed by atoms with Crippen LogP contribution in [0, 0.1) is 5.92 Å². The Kier molecular flexibility index (Phi) is 6.93. The standard InChI is InChI=1S/C27H35ClN4O/c28-23-5-3-20(4-6-23)15-32-18-22(26-8-7-24(29)14-27(26)32)17-30-12-9-25(10-13-30)31-11-1-2-21(16-31)19-33/h3-8,14,18,21,25,33H,1-2,9-13,15-17,19,29H2. The summed E-state index contributed by atoms with van der Waals surface area (Å²) < 4.78 is 2.32. The molecule has 176 valence electrons. The molecule has 0 radical (unpaired) electrons. The molecule has 2 aromatic carbocycles. The number of hydrogen-bond acceptors (Lipinski definition) is 4. The van der Waals surface area contributed by atoms with Gasteiger partial charge in [-0.05, 0) is 86.6 Å². The van der Waals surface area contributed by atoms with Gasteiger partial charge in [0.1, 0.15) is 0 Å². The first kappa shape index (κ1) is 22.7. The van der Waals surface area contributed by atoms with Gasteiger partial charge in [0.25, 0.3) is 0 Å². The molecule has 0 bridgehead atoms. The largest absolute Gasteiger partial charge is 0.399 e. The molecule has 0 saturated carbocycles. The van der Waals surface area contributed by atoms with E-state index in [-0.39, 0.29) is 0 Å². The number of aromatic nitrogens is 1. The Balaban J connectivity index is 1.28. The van der Waals surface area contributed by atoms with Crippen LogP contribution in [0.2, 0.25) is 5.02 Å². The number of piperidine rings is 2. The second-order valence-corrected chi connectivity index (χ2v) is 10.3. The maximum absolute atomic E-state index is 9.57. The summed E-state index contributed by atoms with van der Waals surface area (Å²) in [7, 11) is 0. The van der Waals surface area contributed by atoms with E-state index in [4.69, 9.17) is 17.3 Å². The van der Waals surface area contributed by atoms with Gasteiger partial charge in [-0.3, -0.25) is 9.80 Å². The van der Waals surface area contributed by atoms with Crippen molar-refractivity contribution in [1.82, 2.24) is 14.4 Å². The number of aliphatic hydroxyl groups excluding tert-OH is 1. The first-order valence-corrected chi connectivity index (χ1v) is 12.7. The summed E-state index contributed by atoms with van der Waals surface area (Å²) in [6.45, 7) is 6.63. The zero-order valence-corrected chi connectivity index (χ0v) is 20.1. The van der Waals surface area contributed by atoms with Gasteiger partial charge in [0, 0.05) is 54.6 Å². The Morgan fingerprint density at radius 2 is 1.76 bits per heavy atom. The zero-order valence-electron chi connectivity index (χ0n) is 19.3. The lowest BCUT2D eigenvalue weighted by molar-refractivity contribution is 0.0527. The van der Waals surface area contributed by atoms with Crippen LogP contribution in [0.25, 0.3) is 10.9 Å². The summed E-state index contributed by atoms with van der Waals surface area (Å²) in [5, 5.41) is 11.6. The van der Waals surface area contributed by atoms with Crippen molar-refractivity contribution in [2.24, 2.45) is 5.92 Å². The van der Waals surface area contributed by atoms with Gasteiger partial charge >= 0.3 is 0 Å². The number of rotatable bonds is 6. The first-order valence-electron chi connectivity index (χ1n) is 12.3. The highest BCUT2D eigenvalue weighted by molar-refractivity contribution is 6.30. The van der Waals surface area contributed by atoms with Crippen molar-refractivity contribution in [3.8, 4) is 0 Å². The Morgan fingerprint density at radius 3 is 2.52 bits per heavy atom. The van der Waals surface area contributed by atoms with E-state index in [0.717, 1.165) is 43.4 Å². The minimum atomic E-state index is 0.333. The van der Waals surface area contributed by atoms with Crippen LogP contribution in [0.15, 0.2) is 48.7 Å². The van der Waals surface area contributed by atoms with Gasteiger partial charge in [-0.2, -0.15) is 0 Å². The molecule has 2 aliphatic rings. The van der Waals surface area contributed by atoms with Gasteiger partial charge < -0.3 is 15.4 Å². The molecule has 3 aromatic rings. The summed E-state index contributed by atoms with van der Waals surface area (Å²) in [5.74, 6) is 0.469. The van der Waals surface area contributed by atoms with E-state index >= 15 is 0 Å². The van der Waals surface area contributed by atoms with Crippen molar-refractivity contribution in [2.75, 3.05) is 38.5 Å². The Bertz CT molecular complexity index is 1070. The summed E-state index contributed by atoms with van der Waals surface area (Å²) >= 11 is 6.07.